The van der Waals surface area contributed by atoms with Gasteiger partial charge in [-0.05, 0) is 48.0 Å². The van der Waals surface area contributed by atoms with Crippen LogP contribution in [0, 0.1) is 0 Å². The molecular weight excluding hydrogens is 498 g/mol. The molecule has 0 aliphatic carbocycles. The number of nitrogens with one attached hydrogen (secondary N) is 1. The van der Waals surface area contributed by atoms with E-state index in [1.54, 1.807) is 11.8 Å². The lowest BCUT2D eigenvalue weighted by Crippen LogP contribution is -2.47. The molecule has 0 aromatic heterocycles. The second kappa shape index (κ2) is 7.02. The number of hydrogen-bond acceptors (Lipinski definition) is 5. The number of thioether (sulfide) groups is 1. The molecule has 3 aromatic carbocycles. The molecule has 8 heteroatoms. The molecule has 1 spiro atoms. The highest BCUT2D eigenvalue weighted by molar-refractivity contribution is 9.10. The monoisotopic (exact) mass is 511 g/mol. The lowest BCUT2D eigenvalue weighted by molar-refractivity contribution is -0.117. The number of anilines is 2. The van der Waals surface area contributed by atoms with Crippen molar-refractivity contribution in [1.29, 1.82) is 0 Å². The summed E-state index contributed by atoms with van der Waals surface area (Å²) < 4.78 is 0.966. The Kier molecular flexibility index (Phi) is 4.35. The average molecular weight is 513 g/mol. The third kappa shape index (κ3) is 2.76. The van der Waals surface area contributed by atoms with E-state index in [-0.39, 0.29) is 17.3 Å². The zero-order valence-corrected chi connectivity index (χ0v) is 19.1. The minimum absolute atomic E-state index is 0.0754. The molecule has 5 nitrogen and oxygen atoms in total. The quantitative estimate of drug-likeness (QED) is 0.463. The number of para-hydroxylation sites is 1. The van der Waals surface area contributed by atoms with Gasteiger partial charge in [-0.15, -0.1) is 11.8 Å². The Bertz CT molecular complexity index is 1230. The number of benzene rings is 3. The van der Waals surface area contributed by atoms with Crippen molar-refractivity contribution in [1.82, 2.24) is 0 Å². The summed E-state index contributed by atoms with van der Waals surface area (Å²) in [5.74, 6) is 0.660. The Morgan fingerprint density at radius 2 is 1.81 bits per heavy atom. The van der Waals surface area contributed by atoms with Crippen molar-refractivity contribution in [3.05, 3.63) is 93.4 Å². The smallest absolute Gasteiger partial charge is 0.266 e. The van der Waals surface area contributed by atoms with Gasteiger partial charge in [-0.2, -0.15) is 0 Å². The lowest BCUT2D eigenvalue weighted by atomic mass is 10.0. The predicted molar refractivity (Wildman–Crippen MR) is 127 cm³/mol. The van der Waals surface area contributed by atoms with Gasteiger partial charge in [-0.25, -0.2) is 0 Å². The Labute approximate surface area is 196 Å². The predicted octanol–water partition coefficient (Wildman–Crippen LogP) is 5.91. The molecular formula is C23H15BrClN3O2S. The molecule has 3 heterocycles. The summed E-state index contributed by atoms with van der Waals surface area (Å²) in [6, 6.07) is 23.3. The second-order valence-electron chi connectivity index (χ2n) is 7.52. The van der Waals surface area contributed by atoms with E-state index in [4.69, 9.17) is 16.4 Å². The van der Waals surface area contributed by atoms with E-state index in [0.717, 1.165) is 32.8 Å². The number of hydrogen-bond donors (Lipinski definition) is 1. The normalized spacial score (nSPS) is 25.8. The first-order valence-electron chi connectivity index (χ1n) is 9.72. The number of carbonyl (C=O) groups is 1. The number of nitrogens with zero attached hydrogens (tertiary/aromatic N) is 2. The maximum absolute atomic E-state index is 13.5. The molecule has 0 saturated carbocycles. The third-order valence-electron chi connectivity index (χ3n) is 5.76. The third-order valence-corrected chi connectivity index (χ3v) is 8.18. The van der Waals surface area contributed by atoms with Crippen LogP contribution in [0.25, 0.3) is 0 Å². The minimum Gasteiger partial charge on any atom is -0.384 e. The van der Waals surface area contributed by atoms with Crippen LogP contribution >= 0.6 is 39.3 Å². The van der Waals surface area contributed by atoms with Crippen LogP contribution in [0.4, 0.5) is 11.4 Å². The van der Waals surface area contributed by atoms with Crippen molar-refractivity contribution in [3.63, 3.8) is 0 Å². The van der Waals surface area contributed by atoms with Crippen LogP contribution in [0.5, 0.6) is 0 Å². The van der Waals surface area contributed by atoms with E-state index in [1.165, 1.54) is 0 Å². The molecule has 1 saturated heterocycles. The van der Waals surface area contributed by atoms with Crippen LogP contribution in [0.15, 0.2) is 82.4 Å². The highest BCUT2D eigenvalue weighted by Crippen LogP contribution is 2.60. The molecule has 0 bridgehead atoms. The average Bonchev–Trinajstić information content (AvgIpc) is 3.41. The standard InChI is InChI=1S/C23H15BrClN3O2S/c24-14-7-11-16(12-8-14)28-21-20(19(30-27-21)13-5-9-15(25)10-6-13)31-23(28)17-3-1-2-4-18(17)26-22(23)29/h1-12,19-20H,(H,26,29). The fraction of sp³-hybridized carbons (Fsp3) is 0.130. The molecule has 6 rings (SSSR count). The maximum atomic E-state index is 13.5. The lowest BCUT2D eigenvalue weighted by Gasteiger charge is -2.33. The number of rotatable bonds is 2. The van der Waals surface area contributed by atoms with Crippen molar-refractivity contribution in [2.75, 3.05) is 10.2 Å². The van der Waals surface area contributed by atoms with Crippen LogP contribution in [0.2, 0.25) is 5.02 Å². The van der Waals surface area contributed by atoms with Gasteiger partial charge in [-0.3, -0.25) is 9.69 Å². The Balaban J connectivity index is 1.52. The summed E-state index contributed by atoms with van der Waals surface area (Å²) in [4.78, 5) is 20.5. The van der Waals surface area contributed by atoms with E-state index in [0.29, 0.717) is 5.02 Å². The number of halogens is 2. The van der Waals surface area contributed by atoms with E-state index in [9.17, 15) is 4.79 Å². The highest BCUT2D eigenvalue weighted by Gasteiger charge is 2.64. The van der Waals surface area contributed by atoms with Gasteiger partial charge in [-0.1, -0.05) is 63.0 Å². The van der Waals surface area contributed by atoms with Gasteiger partial charge in [0.2, 0.25) is 4.87 Å². The summed E-state index contributed by atoms with van der Waals surface area (Å²) >= 11 is 11.1. The molecule has 1 amide bonds. The second-order valence-corrected chi connectivity index (χ2v) is 10.2. The van der Waals surface area contributed by atoms with Crippen LogP contribution in [0.3, 0.4) is 0 Å². The van der Waals surface area contributed by atoms with Gasteiger partial charge in [0.15, 0.2) is 11.9 Å². The van der Waals surface area contributed by atoms with Gasteiger partial charge in [0.25, 0.3) is 5.91 Å². The first-order valence-corrected chi connectivity index (χ1v) is 11.8. The fourth-order valence-corrected chi connectivity index (χ4v) is 6.49. The molecule has 0 radical (unpaired) electrons. The molecule has 3 aromatic rings. The van der Waals surface area contributed by atoms with Crippen molar-refractivity contribution in [2.24, 2.45) is 5.16 Å². The highest BCUT2D eigenvalue weighted by atomic mass is 79.9. The van der Waals surface area contributed by atoms with Crippen molar-refractivity contribution in [2.45, 2.75) is 16.2 Å². The Morgan fingerprint density at radius 3 is 2.58 bits per heavy atom. The maximum Gasteiger partial charge on any atom is 0.266 e. The topological polar surface area (TPSA) is 53.9 Å². The van der Waals surface area contributed by atoms with Crippen LogP contribution in [0.1, 0.15) is 17.2 Å². The number of fused-ring (bicyclic) bond motifs is 3. The van der Waals surface area contributed by atoms with Crippen molar-refractivity contribution >= 4 is 62.4 Å². The molecule has 3 aliphatic rings. The summed E-state index contributed by atoms with van der Waals surface area (Å²) in [6.45, 7) is 0. The summed E-state index contributed by atoms with van der Waals surface area (Å²) in [5.41, 5.74) is 3.61. The van der Waals surface area contributed by atoms with E-state index < -0.39 is 4.87 Å². The Hall–Kier alpha value is -2.48. The summed E-state index contributed by atoms with van der Waals surface area (Å²) in [5, 5.41) is 8.06. The SMILES string of the molecule is O=C1Nc2ccccc2C12SC1C(=NOC1c1ccc(Cl)cc1)N2c1ccc(Br)cc1. The van der Waals surface area contributed by atoms with Crippen LogP contribution in [-0.4, -0.2) is 17.0 Å². The molecule has 1 N–H and O–H groups in total. The number of amides is 1. The zero-order valence-electron chi connectivity index (χ0n) is 16.0. The zero-order chi connectivity index (χ0) is 21.2. The van der Waals surface area contributed by atoms with Gasteiger partial charge in [0.05, 0.1) is 0 Å². The largest absolute Gasteiger partial charge is 0.384 e. The summed E-state index contributed by atoms with van der Waals surface area (Å²) in [7, 11) is 0. The van der Waals surface area contributed by atoms with Gasteiger partial charge in [0, 0.05) is 26.4 Å². The van der Waals surface area contributed by atoms with Crippen LogP contribution < -0.4 is 10.2 Å². The number of amidine groups is 1. The molecule has 154 valence electrons. The molecule has 3 aliphatic heterocycles. The number of carbonyl (C=O) groups excluding carboxylic acids is 1. The molecule has 31 heavy (non-hydrogen) atoms. The summed E-state index contributed by atoms with van der Waals surface area (Å²) in [6.07, 6.45) is -0.310. The van der Waals surface area contributed by atoms with Crippen LogP contribution in [-0.2, 0) is 14.5 Å². The van der Waals surface area contributed by atoms with Crippen molar-refractivity contribution < 1.29 is 9.63 Å². The minimum atomic E-state index is -0.956. The van der Waals surface area contributed by atoms with Crippen molar-refractivity contribution in [3.8, 4) is 0 Å². The fourth-order valence-electron chi connectivity index (χ4n) is 4.38. The molecule has 3 unspecified atom stereocenters. The van der Waals surface area contributed by atoms with E-state index >= 15 is 0 Å². The van der Waals surface area contributed by atoms with E-state index in [2.05, 4.69) is 26.4 Å². The first-order chi connectivity index (χ1) is 15.1. The van der Waals surface area contributed by atoms with Gasteiger partial charge >= 0.3 is 0 Å². The van der Waals surface area contributed by atoms with E-state index in [1.807, 2.05) is 77.7 Å². The van der Waals surface area contributed by atoms with Gasteiger partial charge < -0.3 is 10.2 Å². The number of oxime groups is 1. The molecule has 3 atom stereocenters. The Morgan fingerprint density at radius 1 is 1.06 bits per heavy atom. The van der Waals surface area contributed by atoms with Gasteiger partial charge in [0.1, 0.15) is 5.25 Å². The molecule has 1 fully saturated rings. The first kappa shape index (κ1) is 19.2.